The van der Waals surface area contributed by atoms with Crippen molar-refractivity contribution in [3.05, 3.63) is 34.4 Å². The smallest absolute Gasteiger partial charge is 0.146 e. The highest BCUT2D eigenvalue weighted by molar-refractivity contribution is 6.16. The molecule has 0 radical (unpaired) electrons. The Morgan fingerprint density at radius 1 is 1.22 bits per heavy atom. The van der Waals surface area contributed by atoms with Gasteiger partial charge in [-0.15, -0.1) is 0 Å². The third kappa shape index (κ3) is 1.57. The van der Waals surface area contributed by atoms with E-state index in [1.807, 2.05) is 0 Å². The third-order valence-electron chi connectivity index (χ3n) is 3.91. The number of fused-ring (bicyclic) bond motifs is 1. The molecule has 94 valence electrons. The zero-order valence-electron chi connectivity index (χ0n) is 11.0. The molecule has 1 aliphatic heterocycles. The molecule has 2 atom stereocenters. The second kappa shape index (κ2) is 3.94. The minimum Gasteiger partial charge on any atom is -0.391 e. The fourth-order valence-corrected chi connectivity index (χ4v) is 3.22. The number of carbonyl (C=O) groups is 1. The number of benzene rings is 1. The zero-order valence-corrected chi connectivity index (χ0v) is 11.0. The number of rotatable bonds is 1. The number of carbonyl (C=O) groups excluding carboxylic acids is 1. The van der Waals surface area contributed by atoms with Crippen LogP contribution in [0, 0.1) is 26.7 Å². The summed E-state index contributed by atoms with van der Waals surface area (Å²) in [6.45, 7) is 6.23. The van der Waals surface area contributed by atoms with Crippen LogP contribution in [0.25, 0.3) is 0 Å². The summed E-state index contributed by atoms with van der Waals surface area (Å²) in [5.74, 6) is 0.140. The maximum Gasteiger partial charge on any atom is 0.146 e. The Morgan fingerprint density at radius 2 is 1.89 bits per heavy atom. The summed E-state index contributed by atoms with van der Waals surface area (Å²) in [6, 6.07) is 4.27. The minimum atomic E-state index is -0.134. The van der Waals surface area contributed by atoms with Crippen molar-refractivity contribution in [1.82, 2.24) is 0 Å². The number of hydrogen-bond donors (Lipinski definition) is 0. The zero-order chi connectivity index (χ0) is 12.9. The lowest BCUT2D eigenvalue weighted by Gasteiger charge is -2.13. The molecule has 1 aromatic rings. The molecule has 18 heavy (non-hydrogen) atoms. The largest absolute Gasteiger partial charge is 0.391 e. The van der Waals surface area contributed by atoms with Crippen molar-refractivity contribution >= 4 is 11.5 Å². The molecule has 1 fully saturated rings. The van der Waals surface area contributed by atoms with Crippen molar-refractivity contribution in [3.8, 4) is 0 Å². The average Bonchev–Trinajstić information content (AvgIpc) is 2.82. The predicted molar refractivity (Wildman–Crippen MR) is 69.8 cm³/mol. The molecule has 1 heterocycles. The van der Waals surface area contributed by atoms with Crippen LogP contribution in [0.4, 0.5) is 0 Å². The van der Waals surface area contributed by atoms with Gasteiger partial charge >= 0.3 is 0 Å². The summed E-state index contributed by atoms with van der Waals surface area (Å²) < 4.78 is 0. The highest BCUT2D eigenvalue weighted by Gasteiger charge is 2.45. The van der Waals surface area contributed by atoms with Crippen LogP contribution in [0.1, 0.15) is 35.1 Å². The number of ketones is 1. The Hall–Kier alpha value is -1.64. The van der Waals surface area contributed by atoms with Gasteiger partial charge in [0.2, 0.25) is 0 Å². The number of oxime groups is 1. The highest BCUT2D eigenvalue weighted by atomic mass is 16.6. The first-order chi connectivity index (χ1) is 8.58. The molecule has 0 amide bonds. The molecule has 0 bridgehead atoms. The number of nitrogens with zero attached hydrogens (tertiary/aromatic N) is 1. The van der Waals surface area contributed by atoms with Crippen molar-refractivity contribution in [1.29, 1.82) is 0 Å². The Balaban J connectivity index is 2.09. The van der Waals surface area contributed by atoms with Crippen LogP contribution in [-0.2, 0) is 9.63 Å². The lowest BCUT2D eigenvalue weighted by atomic mass is 9.87. The van der Waals surface area contributed by atoms with E-state index in [1.165, 1.54) is 16.7 Å². The molecule has 2 aliphatic rings. The molecule has 0 saturated heterocycles. The van der Waals surface area contributed by atoms with Gasteiger partial charge in [-0.2, -0.15) is 0 Å². The van der Waals surface area contributed by atoms with E-state index in [2.05, 4.69) is 38.1 Å². The van der Waals surface area contributed by atoms with E-state index in [9.17, 15) is 4.79 Å². The molecule has 0 N–H and O–H groups in total. The van der Waals surface area contributed by atoms with E-state index in [-0.39, 0.29) is 17.8 Å². The molecule has 1 aliphatic carbocycles. The van der Waals surface area contributed by atoms with Gasteiger partial charge in [-0.1, -0.05) is 22.9 Å². The summed E-state index contributed by atoms with van der Waals surface area (Å²) in [5.41, 5.74) is 5.54. The van der Waals surface area contributed by atoms with E-state index in [0.29, 0.717) is 6.42 Å². The lowest BCUT2D eigenvalue weighted by molar-refractivity contribution is -0.119. The van der Waals surface area contributed by atoms with E-state index >= 15 is 0 Å². The Morgan fingerprint density at radius 3 is 2.56 bits per heavy atom. The monoisotopic (exact) mass is 243 g/mol. The fraction of sp³-hybridized carbons (Fsp3) is 0.467. The van der Waals surface area contributed by atoms with Gasteiger partial charge in [0.25, 0.3) is 0 Å². The quantitative estimate of drug-likeness (QED) is 0.760. The molecular formula is C15H17NO2. The van der Waals surface area contributed by atoms with Gasteiger partial charge in [-0.25, -0.2) is 0 Å². The molecular weight excluding hydrogens is 226 g/mol. The van der Waals surface area contributed by atoms with E-state index in [1.54, 1.807) is 0 Å². The van der Waals surface area contributed by atoms with E-state index in [0.717, 1.165) is 17.7 Å². The Bertz CT molecular complexity index is 537. The maximum atomic E-state index is 12.0. The van der Waals surface area contributed by atoms with Crippen molar-refractivity contribution in [2.45, 2.75) is 39.7 Å². The summed E-state index contributed by atoms with van der Waals surface area (Å²) in [7, 11) is 0. The van der Waals surface area contributed by atoms with Crippen LogP contribution < -0.4 is 0 Å². The van der Waals surface area contributed by atoms with Crippen LogP contribution in [0.5, 0.6) is 0 Å². The molecule has 0 unspecified atom stereocenters. The highest BCUT2D eigenvalue weighted by Crippen LogP contribution is 2.35. The summed E-state index contributed by atoms with van der Waals surface area (Å²) in [4.78, 5) is 17.4. The van der Waals surface area contributed by atoms with Gasteiger partial charge in [-0.3, -0.25) is 4.79 Å². The molecule has 1 saturated carbocycles. The second-order valence-electron chi connectivity index (χ2n) is 5.38. The maximum absolute atomic E-state index is 12.0. The number of hydrogen-bond acceptors (Lipinski definition) is 3. The summed E-state index contributed by atoms with van der Waals surface area (Å²) >= 11 is 0. The third-order valence-corrected chi connectivity index (χ3v) is 3.91. The standard InChI is InChI=1S/C15H17NO2/c1-8-6-9(2)13(10(3)7-8)15-14-11(17)4-5-12(14)18-16-15/h6-7,12,14H,4-5H2,1-3H3/t12-,14+/m1/s1. The van der Waals surface area contributed by atoms with Crippen molar-refractivity contribution in [3.63, 3.8) is 0 Å². The molecule has 0 spiro atoms. The van der Waals surface area contributed by atoms with Gasteiger partial charge in [-0.05, 0) is 38.3 Å². The van der Waals surface area contributed by atoms with Crippen LogP contribution in [-0.4, -0.2) is 17.6 Å². The topological polar surface area (TPSA) is 38.7 Å². The van der Waals surface area contributed by atoms with Crippen LogP contribution in [0.2, 0.25) is 0 Å². The molecule has 3 rings (SSSR count). The van der Waals surface area contributed by atoms with Crippen LogP contribution >= 0.6 is 0 Å². The van der Waals surface area contributed by atoms with Crippen LogP contribution in [0.3, 0.4) is 0 Å². The minimum absolute atomic E-state index is 0.0207. The lowest BCUT2D eigenvalue weighted by Crippen LogP contribution is -2.25. The SMILES string of the molecule is Cc1cc(C)c(C2=NO[C@@H]3CCC(=O)[C@H]23)c(C)c1. The summed E-state index contributed by atoms with van der Waals surface area (Å²) in [6.07, 6.45) is 1.41. The molecule has 3 heteroatoms. The number of aryl methyl sites for hydroxylation is 3. The normalized spacial score (nSPS) is 25.9. The Labute approximate surface area is 107 Å². The second-order valence-corrected chi connectivity index (χ2v) is 5.38. The van der Waals surface area contributed by atoms with Gasteiger partial charge in [0.1, 0.15) is 23.5 Å². The van der Waals surface area contributed by atoms with Crippen molar-refractivity contribution < 1.29 is 9.63 Å². The van der Waals surface area contributed by atoms with Gasteiger partial charge < -0.3 is 4.84 Å². The van der Waals surface area contributed by atoms with Gasteiger partial charge in [0.15, 0.2) is 0 Å². The van der Waals surface area contributed by atoms with Crippen molar-refractivity contribution in [2.75, 3.05) is 0 Å². The molecule has 3 nitrogen and oxygen atoms in total. The fourth-order valence-electron chi connectivity index (χ4n) is 3.22. The van der Waals surface area contributed by atoms with Gasteiger partial charge in [0.05, 0.1) is 0 Å². The van der Waals surface area contributed by atoms with Crippen molar-refractivity contribution in [2.24, 2.45) is 11.1 Å². The van der Waals surface area contributed by atoms with Crippen LogP contribution in [0.15, 0.2) is 17.3 Å². The summed E-state index contributed by atoms with van der Waals surface area (Å²) in [5, 5.41) is 4.19. The average molecular weight is 243 g/mol. The molecule has 1 aromatic carbocycles. The predicted octanol–water partition coefficient (Wildman–Crippen LogP) is 2.69. The molecule has 0 aromatic heterocycles. The first-order valence-electron chi connectivity index (χ1n) is 6.42. The Kier molecular flexibility index (Phi) is 2.51. The van der Waals surface area contributed by atoms with E-state index in [4.69, 9.17) is 4.84 Å². The first-order valence-corrected chi connectivity index (χ1v) is 6.42. The van der Waals surface area contributed by atoms with E-state index < -0.39 is 0 Å². The van der Waals surface area contributed by atoms with Gasteiger partial charge in [0, 0.05) is 12.0 Å². The first kappa shape index (κ1) is 11.5. The number of Topliss-reactive ketones (excluding diaryl/α,β-unsaturated/α-hetero) is 1.